The Balaban J connectivity index is 2.01. The van der Waals surface area contributed by atoms with Gasteiger partial charge in [0.05, 0.1) is 0 Å². The standard InChI is InChI=1S/C14H16N2O3/c1-9(11-4-3-5-15-7-11)16-8-12-6-13(14(17)18)19-10(12)2/h3-7,9,16H,8H2,1-2H3,(H,17,18)/t9-/m1/s1. The van der Waals surface area contributed by atoms with E-state index in [1.165, 1.54) is 0 Å². The summed E-state index contributed by atoms with van der Waals surface area (Å²) in [6.45, 7) is 4.35. The Morgan fingerprint density at radius 2 is 2.37 bits per heavy atom. The van der Waals surface area contributed by atoms with Gasteiger partial charge in [-0.2, -0.15) is 0 Å². The summed E-state index contributed by atoms with van der Waals surface area (Å²) < 4.78 is 5.16. The molecule has 2 N–H and O–H groups in total. The molecule has 0 aliphatic heterocycles. The van der Waals surface area contributed by atoms with Gasteiger partial charge in [-0.05, 0) is 31.5 Å². The third kappa shape index (κ3) is 3.20. The molecule has 2 heterocycles. The first kappa shape index (κ1) is 13.3. The second kappa shape index (κ2) is 5.67. The van der Waals surface area contributed by atoms with Gasteiger partial charge in [-0.1, -0.05) is 6.07 Å². The van der Waals surface area contributed by atoms with Crippen molar-refractivity contribution < 1.29 is 14.3 Å². The summed E-state index contributed by atoms with van der Waals surface area (Å²) in [5.74, 6) is -0.443. The molecule has 0 fully saturated rings. The quantitative estimate of drug-likeness (QED) is 0.864. The number of furan rings is 1. The molecular weight excluding hydrogens is 244 g/mol. The molecule has 5 heteroatoms. The average molecular weight is 260 g/mol. The topological polar surface area (TPSA) is 75.4 Å². The van der Waals surface area contributed by atoms with Gasteiger partial charge in [0.1, 0.15) is 5.76 Å². The number of hydrogen-bond acceptors (Lipinski definition) is 4. The van der Waals surface area contributed by atoms with Crippen molar-refractivity contribution >= 4 is 5.97 Å². The molecule has 0 unspecified atom stereocenters. The SMILES string of the molecule is Cc1oc(C(=O)O)cc1CN[C@H](C)c1cccnc1. The molecule has 2 aromatic heterocycles. The molecule has 19 heavy (non-hydrogen) atoms. The van der Waals surface area contributed by atoms with E-state index in [-0.39, 0.29) is 11.8 Å². The van der Waals surface area contributed by atoms with E-state index in [1.807, 2.05) is 25.3 Å². The molecule has 0 aromatic carbocycles. The van der Waals surface area contributed by atoms with Crippen molar-refractivity contribution in [2.75, 3.05) is 0 Å². The van der Waals surface area contributed by atoms with E-state index in [4.69, 9.17) is 9.52 Å². The number of nitrogens with zero attached hydrogens (tertiary/aromatic N) is 1. The molecule has 0 saturated heterocycles. The maximum atomic E-state index is 10.8. The van der Waals surface area contributed by atoms with Crippen LogP contribution in [0.15, 0.2) is 35.0 Å². The number of aromatic carboxylic acids is 1. The van der Waals surface area contributed by atoms with Crippen LogP contribution in [0.3, 0.4) is 0 Å². The number of aryl methyl sites for hydroxylation is 1. The van der Waals surface area contributed by atoms with E-state index in [1.54, 1.807) is 19.2 Å². The first-order valence-electron chi connectivity index (χ1n) is 6.04. The molecule has 0 radical (unpaired) electrons. The van der Waals surface area contributed by atoms with Crippen LogP contribution in [-0.2, 0) is 6.54 Å². The maximum absolute atomic E-state index is 10.8. The predicted molar refractivity (Wildman–Crippen MR) is 69.9 cm³/mol. The molecule has 0 amide bonds. The van der Waals surface area contributed by atoms with Crippen molar-refractivity contribution in [3.63, 3.8) is 0 Å². The van der Waals surface area contributed by atoms with Crippen LogP contribution in [0.25, 0.3) is 0 Å². The average Bonchev–Trinajstić information content (AvgIpc) is 2.79. The zero-order chi connectivity index (χ0) is 13.8. The van der Waals surface area contributed by atoms with Gasteiger partial charge < -0.3 is 14.8 Å². The highest BCUT2D eigenvalue weighted by Gasteiger charge is 2.13. The summed E-state index contributed by atoms with van der Waals surface area (Å²) in [6, 6.07) is 5.58. The fourth-order valence-corrected chi connectivity index (χ4v) is 1.81. The summed E-state index contributed by atoms with van der Waals surface area (Å²) in [6.07, 6.45) is 3.54. The van der Waals surface area contributed by atoms with Crippen LogP contribution in [0.1, 0.15) is 40.4 Å². The Labute approximate surface area is 111 Å². The van der Waals surface area contributed by atoms with Crippen LogP contribution < -0.4 is 5.32 Å². The summed E-state index contributed by atoms with van der Waals surface area (Å²) in [4.78, 5) is 14.9. The highest BCUT2D eigenvalue weighted by atomic mass is 16.4. The van der Waals surface area contributed by atoms with E-state index in [2.05, 4.69) is 10.3 Å². The number of nitrogens with one attached hydrogen (secondary N) is 1. The van der Waals surface area contributed by atoms with Crippen molar-refractivity contribution in [3.8, 4) is 0 Å². The Kier molecular flexibility index (Phi) is 3.97. The summed E-state index contributed by atoms with van der Waals surface area (Å²) in [5.41, 5.74) is 1.94. The van der Waals surface area contributed by atoms with Crippen molar-refractivity contribution in [3.05, 3.63) is 53.2 Å². The molecule has 0 bridgehead atoms. The van der Waals surface area contributed by atoms with Crippen LogP contribution in [-0.4, -0.2) is 16.1 Å². The van der Waals surface area contributed by atoms with Crippen LogP contribution in [0, 0.1) is 6.92 Å². The van der Waals surface area contributed by atoms with Gasteiger partial charge in [-0.3, -0.25) is 4.98 Å². The molecule has 100 valence electrons. The maximum Gasteiger partial charge on any atom is 0.371 e. The van der Waals surface area contributed by atoms with E-state index in [0.29, 0.717) is 12.3 Å². The first-order chi connectivity index (χ1) is 9.08. The second-order valence-electron chi connectivity index (χ2n) is 4.39. The molecule has 2 rings (SSSR count). The molecule has 0 aliphatic carbocycles. The van der Waals surface area contributed by atoms with Crippen molar-refractivity contribution in [2.24, 2.45) is 0 Å². The second-order valence-corrected chi connectivity index (χ2v) is 4.39. The minimum Gasteiger partial charge on any atom is -0.475 e. The van der Waals surface area contributed by atoms with Gasteiger partial charge in [0.25, 0.3) is 0 Å². The van der Waals surface area contributed by atoms with Gasteiger partial charge >= 0.3 is 5.97 Å². The number of carbonyl (C=O) groups is 1. The normalized spacial score (nSPS) is 12.3. The molecule has 0 aliphatic rings. The van der Waals surface area contributed by atoms with Gasteiger partial charge in [-0.25, -0.2) is 4.79 Å². The fraction of sp³-hybridized carbons (Fsp3) is 0.286. The Hall–Kier alpha value is -2.14. The number of aromatic nitrogens is 1. The number of carboxylic acid groups (broad SMARTS) is 1. The van der Waals surface area contributed by atoms with E-state index in [0.717, 1.165) is 11.1 Å². The highest BCUT2D eigenvalue weighted by Crippen LogP contribution is 2.16. The van der Waals surface area contributed by atoms with Gasteiger partial charge in [0, 0.05) is 30.5 Å². The lowest BCUT2D eigenvalue weighted by atomic mass is 10.1. The number of pyridine rings is 1. The first-order valence-corrected chi connectivity index (χ1v) is 6.04. The lowest BCUT2D eigenvalue weighted by Crippen LogP contribution is -2.18. The van der Waals surface area contributed by atoms with Crippen LogP contribution in [0.5, 0.6) is 0 Å². The molecular formula is C14H16N2O3. The van der Waals surface area contributed by atoms with Crippen molar-refractivity contribution in [2.45, 2.75) is 26.4 Å². The highest BCUT2D eigenvalue weighted by molar-refractivity contribution is 5.84. The smallest absolute Gasteiger partial charge is 0.371 e. The lowest BCUT2D eigenvalue weighted by molar-refractivity contribution is 0.0661. The van der Waals surface area contributed by atoms with Gasteiger partial charge in [0.15, 0.2) is 0 Å². The predicted octanol–water partition coefficient (Wildman–Crippen LogP) is 2.53. The zero-order valence-corrected chi connectivity index (χ0v) is 10.9. The lowest BCUT2D eigenvalue weighted by Gasteiger charge is -2.13. The fourth-order valence-electron chi connectivity index (χ4n) is 1.81. The Morgan fingerprint density at radius 3 is 2.95 bits per heavy atom. The van der Waals surface area contributed by atoms with Crippen molar-refractivity contribution in [1.29, 1.82) is 0 Å². The minimum absolute atomic E-state index is 0.0247. The van der Waals surface area contributed by atoms with Gasteiger partial charge in [0.2, 0.25) is 5.76 Å². The third-order valence-electron chi connectivity index (χ3n) is 3.01. The third-order valence-corrected chi connectivity index (χ3v) is 3.01. The van der Waals surface area contributed by atoms with E-state index < -0.39 is 5.97 Å². The molecule has 2 aromatic rings. The van der Waals surface area contributed by atoms with E-state index >= 15 is 0 Å². The summed E-state index contributed by atoms with van der Waals surface area (Å²) in [5, 5.41) is 12.2. The van der Waals surface area contributed by atoms with Gasteiger partial charge in [-0.15, -0.1) is 0 Å². The molecule has 0 saturated carbocycles. The van der Waals surface area contributed by atoms with Crippen LogP contribution >= 0.6 is 0 Å². The molecule has 5 nitrogen and oxygen atoms in total. The Morgan fingerprint density at radius 1 is 1.58 bits per heavy atom. The zero-order valence-electron chi connectivity index (χ0n) is 10.9. The number of hydrogen-bond donors (Lipinski definition) is 2. The van der Waals surface area contributed by atoms with Crippen LogP contribution in [0.4, 0.5) is 0 Å². The Bertz CT molecular complexity index is 563. The summed E-state index contributed by atoms with van der Waals surface area (Å²) in [7, 11) is 0. The van der Waals surface area contributed by atoms with E-state index in [9.17, 15) is 4.79 Å². The monoisotopic (exact) mass is 260 g/mol. The van der Waals surface area contributed by atoms with Crippen LogP contribution in [0.2, 0.25) is 0 Å². The largest absolute Gasteiger partial charge is 0.475 e. The summed E-state index contributed by atoms with van der Waals surface area (Å²) >= 11 is 0. The molecule has 0 spiro atoms. The molecule has 1 atom stereocenters. The minimum atomic E-state index is -1.05. The van der Waals surface area contributed by atoms with Crippen molar-refractivity contribution in [1.82, 2.24) is 10.3 Å². The number of carboxylic acids is 1. The number of rotatable bonds is 5.